The third-order valence-electron chi connectivity index (χ3n) is 3.68. The molecule has 26 heavy (non-hydrogen) atoms. The van der Waals surface area contributed by atoms with Crippen molar-refractivity contribution in [1.29, 1.82) is 0 Å². The van der Waals surface area contributed by atoms with E-state index in [1.54, 1.807) is 24.4 Å². The average molecular weight is 365 g/mol. The van der Waals surface area contributed by atoms with Crippen molar-refractivity contribution in [3.05, 3.63) is 66.4 Å². The molecule has 3 aromatic rings. The van der Waals surface area contributed by atoms with Gasteiger partial charge in [0.15, 0.2) is 5.11 Å². The predicted molar refractivity (Wildman–Crippen MR) is 108 cm³/mol. The summed E-state index contributed by atoms with van der Waals surface area (Å²) in [6, 6.07) is 16.6. The van der Waals surface area contributed by atoms with Crippen molar-refractivity contribution in [2.45, 2.75) is 13.3 Å². The lowest BCUT2D eigenvalue weighted by Crippen LogP contribution is -2.34. The molecule has 0 radical (unpaired) electrons. The van der Waals surface area contributed by atoms with Crippen LogP contribution in [-0.2, 0) is 0 Å². The molecule has 132 valence electrons. The first-order valence-corrected chi connectivity index (χ1v) is 8.77. The highest BCUT2D eigenvalue weighted by atomic mass is 32.1. The summed E-state index contributed by atoms with van der Waals surface area (Å²) in [7, 11) is 0. The summed E-state index contributed by atoms with van der Waals surface area (Å²) in [6.07, 6.45) is 2.63. The second kappa shape index (κ2) is 8.40. The number of carbonyl (C=O) groups is 1. The maximum Gasteiger partial charge on any atom is 0.257 e. The van der Waals surface area contributed by atoms with Gasteiger partial charge in [-0.3, -0.25) is 15.1 Å². The van der Waals surface area contributed by atoms with Crippen LogP contribution in [0.3, 0.4) is 0 Å². The van der Waals surface area contributed by atoms with Crippen LogP contribution in [0.25, 0.3) is 10.9 Å². The quantitative estimate of drug-likeness (QED) is 0.665. The van der Waals surface area contributed by atoms with Gasteiger partial charge in [0.2, 0.25) is 0 Å². The lowest BCUT2D eigenvalue weighted by atomic mass is 10.2. The standard InChI is InChI=1S/C20H19N3O2S/c1-2-12-25-16-9-3-7-15(13-16)19(24)23-20(26)22-17-10-4-6-14-8-5-11-21-18(14)17/h3-11,13H,2,12H2,1H3,(H2,22,23,24,26). The highest BCUT2D eigenvalue weighted by Crippen LogP contribution is 2.20. The summed E-state index contributed by atoms with van der Waals surface area (Å²) in [5, 5.41) is 6.94. The zero-order valence-electron chi connectivity index (χ0n) is 14.4. The number of anilines is 1. The van der Waals surface area contributed by atoms with Crippen LogP contribution in [-0.4, -0.2) is 22.6 Å². The van der Waals surface area contributed by atoms with Gasteiger partial charge in [0, 0.05) is 17.1 Å². The largest absolute Gasteiger partial charge is 0.494 e. The number of aromatic nitrogens is 1. The minimum absolute atomic E-state index is 0.216. The number of rotatable bonds is 5. The van der Waals surface area contributed by atoms with Gasteiger partial charge in [-0.2, -0.15) is 0 Å². The average Bonchev–Trinajstić information content (AvgIpc) is 2.67. The van der Waals surface area contributed by atoms with Crippen LogP contribution in [0.4, 0.5) is 5.69 Å². The molecule has 1 heterocycles. The number of thiocarbonyl (C=S) groups is 1. The molecule has 2 N–H and O–H groups in total. The second-order valence-corrected chi connectivity index (χ2v) is 6.07. The molecule has 0 aliphatic carbocycles. The fourth-order valence-corrected chi connectivity index (χ4v) is 2.68. The summed E-state index contributed by atoms with van der Waals surface area (Å²) in [6.45, 7) is 2.64. The van der Waals surface area contributed by atoms with Gasteiger partial charge >= 0.3 is 0 Å². The first-order valence-electron chi connectivity index (χ1n) is 8.36. The van der Waals surface area contributed by atoms with E-state index in [4.69, 9.17) is 17.0 Å². The minimum atomic E-state index is -0.294. The van der Waals surface area contributed by atoms with E-state index in [0.717, 1.165) is 23.0 Å². The van der Waals surface area contributed by atoms with Gasteiger partial charge in [-0.1, -0.05) is 31.2 Å². The first-order chi connectivity index (χ1) is 12.7. The van der Waals surface area contributed by atoms with Gasteiger partial charge in [0.25, 0.3) is 5.91 Å². The summed E-state index contributed by atoms with van der Waals surface area (Å²) in [5.74, 6) is 0.370. The number of nitrogens with zero attached hydrogens (tertiary/aromatic N) is 1. The number of benzene rings is 2. The number of hydrogen-bond acceptors (Lipinski definition) is 4. The fourth-order valence-electron chi connectivity index (χ4n) is 2.48. The normalized spacial score (nSPS) is 10.3. The van der Waals surface area contributed by atoms with Crippen molar-refractivity contribution in [3.8, 4) is 5.75 Å². The Morgan fingerprint density at radius 2 is 1.96 bits per heavy atom. The van der Waals surface area contributed by atoms with Gasteiger partial charge in [-0.15, -0.1) is 0 Å². The number of pyridine rings is 1. The third kappa shape index (κ3) is 4.34. The number of carbonyl (C=O) groups excluding carboxylic acids is 1. The molecule has 0 bridgehead atoms. The highest BCUT2D eigenvalue weighted by Gasteiger charge is 2.10. The maximum absolute atomic E-state index is 12.4. The highest BCUT2D eigenvalue weighted by molar-refractivity contribution is 7.80. The summed E-state index contributed by atoms with van der Waals surface area (Å²) >= 11 is 5.28. The van der Waals surface area contributed by atoms with Crippen LogP contribution >= 0.6 is 12.2 Å². The second-order valence-electron chi connectivity index (χ2n) is 5.67. The SMILES string of the molecule is CCCOc1cccc(C(=O)NC(=S)Nc2cccc3cccnc23)c1. The number of hydrogen-bond donors (Lipinski definition) is 2. The van der Waals surface area contributed by atoms with Crippen molar-refractivity contribution in [3.63, 3.8) is 0 Å². The number of amides is 1. The summed E-state index contributed by atoms with van der Waals surface area (Å²) < 4.78 is 5.56. The first kappa shape index (κ1) is 17.8. The Bertz CT molecular complexity index is 938. The van der Waals surface area contributed by atoms with E-state index in [0.29, 0.717) is 17.9 Å². The molecule has 0 unspecified atom stereocenters. The van der Waals surface area contributed by atoms with Crippen molar-refractivity contribution in [2.24, 2.45) is 0 Å². The Kier molecular flexibility index (Phi) is 5.76. The van der Waals surface area contributed by atoms with E-state index in [9.17, 15) is 4.79 Å². The Morgan fingerprint density at radius 1 is 1.15 bits per heavy atom. The predicted octanol–water partition coefficient (Wildman–Crippen LogP) is 4.15. The van der Waals surface area contributed by atoms with Crippen LogP contribution in [0.5, 0.6) is 5.75 Å². The minimum Gasteiger partial charge on any atom is -0.494 e. The third-order valence-corrected chi connectivity index (χ3v) is 3.88. The Labute approximate surface area is 157 Å². The van der Waals surface area contributed by atoms with E-state index < -0.39 is 0 Å². The van der Waals surface area contributed by atoms with Crippen LogP contribution in [0.2, 0.25) is 0 Å². The molecular weight excluding hydrogens is 346 g/mol. The molecule has 3 rings (SSSR count). The van der Waals surface area contributed by atoms with Crippen molar-refractivity contribution < 1.29 is 9.53 Å². The van der Waals surface area contributed by atoms with Crippen molar-refractivity contribution >= 4 is 39.8 Å². The van der Waals surface area contributed by atoms with Crippen LogP contribution in [0.1, 0.15) is 23.7 Å². The fraction of sp³-hybridized carbons (Fsp3) is 0.150. The van der Waals surface area contributed by atoms with E-state index in [1.165, 1.54) is 0 Å². The Balaban J connectivity index is 1.69. The maximum atomic E-state index is 12.4. The van der Waals surface area contributed by atoms with Gasteiger partial charge in [0.1, 0.15) is 5.75 Å². The lowest BCUT2D eigenvalue weighted by Gasteiger charge is -2.12. The molecule has 0 saturated carbocycles. The summed E-state index contributed by atoms with van der Waals surface area (Å²) in [5.41, 5.74) is 2.02. The van der Waals surface area contributed by atoms with Crippen LogP contribution in [0.15, 0.2) is 60.8 Å². The van der Waals surface area contributed by atoms with Gasteiger partial charge in [-0.25, -0.2) is 0 Å². The van der Waals surface area contributed by atoms with Gasteiger partial charge in [0.05, 0.1) is 17.8 Å². The van der Waals surface area contributed by atoms with Gasteiger partial charge < -0.3 is 10.1 Å². The number of fused-ring (bicyclic) bond motifs is 1. The molecule has 0 aliphatic heterocycles. The van der Waals surface area contributed by atoms with Crippen LogP contribution in [0, 0.1) is 0 Å². The molecule has 2 aromatic carbocycles. The molecule has 0 fully saturated rings. The molecule has 6 heteroatoms. The van der Waals surface area contributed by atoms with Crippen molar-refractivity contribution in [1.82, 2.24) is 10.3 Å². The van der Waals surface area contributed by atoms with E-state index in [2.05, 4.69) is 15.6 Å². The monoisotopic (exact) mass is 365 g/mol. The Hall–Kier alpha value is -2.99. The smallest absolute Gasteiger partial charge is 0.257 e. The number of nitrogens with one attached hydrogen (secondary N) is 2. The topological polar surface area (TPSA) is 63.2 Å². The van der Waals surface area contributed by atoms with E-state index in [1.807, 2.05) is 43.3 Å². The van der Waals surface area contributed by atoms with Crippen molar-refractivity contribution in [2.75, 3.05) is 11.9 Å². The molecule has 1 aromatic heterocycles. The molecular formula is C20H19N3O2S. The summed E-state index contributed by atoms with van der Waals surface area (Å²) in [4.78, 5) is 16.8. The molecule has 5 nitrogen and oxygen atoms in total. The molecule has 0 saturated heterocycles. The van der Waals surface area contributed by atoms with E-state index >= 15 is 0 Å². The molecule has 0 atom stereocenters. The number of para-hydroxylation sites is 1. The molecule has 0 aliphatic rings. The zero-order valence-corrected chi connectivity index (χ0v) is 15.2. The van der Waals surface area contributed by atoms with E-state index in [-0.39, 0.29) is 11.0 Å². The molecule has 1 amide bonds. The number of ether oxygens (including phenoxy) is 1. The molecule has 0 spiro atoms. The van der Waals surface area contributed by atoms with Gasteiger partial charge in [-0.05, 0) is 49.0 Å². The Morgan fingerprint density at radius 3 is 2.81 bits per heavy atom. The lowest BCUT2D eigenvalue weighted by molar-refractivity contribution is 0.0977. The van der Waals surface area contributed by atoms with Crippen LogP contribution < -0.4 is 15.4 Å². The zero-order chi connectivity index (χ0) is 18.4.